The van der Waals surface area contributed by atoms with Crippen LogP contribution in [-0.4, -0.2) is 28.8 Å². The van der Waals surface area contributed by atoms with Gasteiger partial charge >= 0.3 is 0 Å². The molecule has 0 saturated carbocycles. The summed E-state index contributed by atoms with van der Waals surface area (Å²) in [6.45, 7) is 9.26. The van der Waals surface area contributed by atoms with Gasteiger partial charge in [0.15, 0.2) is 0 Å². The van der Waals surface area contributed by atoms with Gasteiger partial charge in [-0.2, -0.15) is 0 Å². The molecule has 0 unspecified atom stereocenters. The fraction of sp³-hybridized carbons (Fsp3) is 0.562. The van der Waals surface area contributed by atoms with E-state index >= 15 is 0 Å². The highest BCUT2D eigenvalue weighted by Crippen LogP contribution is 2.20. The maximum absolute atomic E-state index is 11.9. The summed E-state index contributed by atoms with van der Waals surface area (Å²) in [5.74, 6) is 0.629. The Bertz CT molecular complexity index is 461. The lowest BCUT2D eigenvalue weighted by Crippen LogP contribution is -2.57. The number of hydrogen-bond acceptors (Lipinski definition) is 3. The molecule has 0 aliphatic carbocycles. The lowest BCUT2D eigenvalue weighted by Gasteiger charge is -2.38. The van der Waals surface area contributed by atoms with E-state index in [4.69, 9.17) is 4.74 Å². The molecule has 112 valence electrons. The molecular formula is C16H25NO3. The molecule has 0 spiro atoms. The molecule has 0 aliphatic rings. The fourth-order valence-corrected chi connectivity index (χ4v) is 1.53. The average Bonchev–Trinajstić information content (AvgIpc) is 2.26. The minimum Gasteiger partial charge on any atom is -0.493 e. The van der Waals surface area contributed by atoms with Crippen molar-refractivity contribution >= 4 is 5.91 Å². The van der Waals surface area contributed by atoms with E-state index in [1.165, 1.54) is 0 Å². The molecule has 1 amide bonds. The number of hydrogen-bond donors (Lipinski definition) is 2. The molecule has 20 heavy (non-hydrogen) atoms. The van der Waals surface area contributed by atoms with Crippen molar-refractivity contribution in [2.24, 2.45) is 0 Å². The zero-order valence-corrected chi connectivity index (χ0v) is 13.0. The van der Waals surface area contributed by atoms with Crippen molar-refractivity contribution in [2.45, 2.75) is 52.2 Å². The molecule has 0 atom stereocenters. The minimum atomic E-state index is -0.986. The molecule has 1 aromatic carbocycles. The van der Waals surface area contributed by atoms with Gasteiger partial charge in [-0.3, -0.25) is 4.79 Å². The van der Waals surface area contributed by atoms with E-state index in [-0.39, 0.29) is 12.3 Å². The summed E-state index contributed by atoms with van der Waals surface area (Å²) in [6, 6.07) is 7.71. The molecule has 0 bridgehead atoms. The summed E-state index contributed by atoms with van der Waals surface area (Å²) < 4.78 is 5.53. The molecular weight excluding hydrogens is 254 g/mol. The molecule has 4 nitrogen and oxygen atoms in total. The van der Waals surface area contributed by atoms with Crippen LogP contribution in [0.5, 0.6) is 5.75 Å². The fourth-order valence-electron chi connectivity index (χ4n) is 1.53. The van der Waals surface area contributed by atoms with E-state index in [1.54, 1.807) is 27.7 Å². The van der Waals surface area contributed by atoms with E-state index < -0.39 is 11.1 Å². The average molecular weight is 279 g/mol. The smallest absolute Gasteiger partial charge is 0.223 e. The highest BCUT2D eigenvalue weighted by Gasteiger charge is 2.36. The van der Waals surface area contributed by atoms with Gasteiger partial charge in [-0.05, 0) is 52.3 Å². The third-order valence-corrected chi connectivity index (χ3v) is 3.57. The van der Waals surface area contributed by atoms with Gasteiger partial charge in [0.2, 0.25) is 5.91 Å². The van der Waals surface area contributed by atoms with Gasteiger partial charge in [-0.1, -0.05) is 12.1 Å². The SMILES string of the molecule is Cc1cccc(OCCC(=O)NC(C)(C)C(C)(C)O)c1. The second-order valence-corrected chi connectivity index (χ2v) is 6.15. The molecule has 4 heteroatoms. The Hall–Kier alpha value is -1.55. The van der Waals surface area contributed by atoms with E-state index in [0.717, 1.165) is 11.3 Å². The summed E-state index contributed by atoms with van der Waals surface area (Å²) in [7, 11) is 0. The normalized spacial score (nSPS) is 12.1. The van der Waals surface area contributed by atoms with Crippen molar-refractivity contribution in [1.82, 2.24) is 5.32 Å². The Morgan fingerprint density at radius 3 is 2.50 bits per heavy atom. The van der Waals surface area contributed by atoms with Crippen LogP contribution in [0.25, 0.3) is 0 Å². The monoisotopic (exact) mass is 279 g/mol. The molecule has 0 radical (unpaired) electrons. The topological polar surface area (TPSA) is 58.6 Å². The van der Waals surface area contributed by atoms with Crippen LogP contribution in [0, 0.1) is 6.92 Å². The number of aliphatic hydroxyl groups is 1. The van der Waals surface area contributed by atoms with Crippen LogP contribution in [-0.2, 0) is 4.79 Å². The first-order valence-corrected chi connectivity index (χ1v) is 6.85. The lowest BCUT2D eigenvalue weighted by molar-refractivity contribution is -0.126. The first-order chi connectivity index (χ1) is 9.12. The van der Waals surface area contributed by atoms with E-state index in [0.29, 0.717) is 6.61 Å². The number of benzene rings is 1. The quantitative estimate of drug-likeness (QED) is 0.841. The van der Waals surface area contributed by atoms with Crippen molar-refractivity contribution in [3.8, 4) is 5.75 Å². The van der Waals surface area contributed by atoms with Gasteiger partial charge in [0.05, 0.1) is 24.2 Å². The van der Waals surface area contributed by atoms with Crippen LogP contribution in [0.15, 0.2) is 24.3 Å². The second kappa shape index (κ2) is 6.27. The lowest BCUT2D eigenvalue weighted by atomic mass is 9.86. The number of amides is 1. The maximum atomic E-state index is 11.9. The Morgan fingerprint density at radius 1 is 1.30 bits per heavy atom. The summed E-state index contributed by atoms with van der Waals surface area (Å²) in [5.41, 5.74) is -0.553. The Labute approximate surface area is 121 Å². The molecule has 0 fully saturated rings. The molecule has 0 aromatic heterocycles. The van der Waals surface area contributed by atoms with Gasteiger partial charge < -0.3 is 15.2 Å². The zero-order valence-electron chi connectivity index (χ0n) is 13.0. The first-order valence-electron chi connectivity index (χ1n) is 6.85. The molecule has 2 N–H and O–H groups in total. The van der Waals surface area contributed by atoms with Gasteiger partial charge in [-0.15, -0.1) is 0 Å². The number of aryl methyl sites for hydroxylation is 1. The van der Waals surface area contributed by atoms with Gasteiger partial charge in [-0.25, -0.2) is 0 Å². The molecule has 1 aromatic rings. The van der Waals surface area contributed by atoms with E-state index in [1.807, 2.05) is 31.2 Å². The number of nitrogens with one attached hydrogen (secondary N) is 1. The number of rotatable bonds is 6. The summed E-state index contributed by atoms with van der Waals surface area (Å²) >= 11 is 0. The number of carbonyl (C=O) groups is 1. The van der Waals surface area contributed by atoms with Crippen LogP contribution >= 0.6 is 0 Å². The molecule has 0 saturated heterocycles. The predicted molar refractivity (Wildman–Crippen MR) is 79.8 cm³/mol. The van der Waals surface area contributed by atoms with Crippen molar-refractivity contribution in [3.63, 3.8) is 0 Å². The van der Waals surface area contributed by atoms with Crippen molar-refractivity contribution in [1.29, 1.82) is 0 Å². The third-order valence-electron chi connectivity index (χ3n) is 3.57. The van der Waals surface area contributed by atoms with Crippen LogP contribution in [0.1, 0.15) is 39.7 Å². The van der Waals surface area contributed by atoms with Gasteiger partial charge in [0.25, 0.3) is 0 Å². The van der Waals surface area contributed by atoms with Crippen LogP contribution in [0.2, 0.25) is 0 Å². The van der Waals surface area contributed by atoms with Crippen molar-refractivity contribution < 1.29 is 14.6 Å². The highest BCUT2D eigenvalue weighted by molar-refractivity contribution is 5.77. The highest BCUT2D eigenvalue weighted by atomic mass is 16.5. The Morgan fingerprint density at radius 2 is 1.95 bits per heavy atom. The Kier molecular flexibility index (Phi) is 5.17. The largest absolute Gasteiger partial charge is 0.493 e. The summed E-state index contributed by atoms with van der Waals surface area (Å²) in [4.78, 5) is 11.9. The van der Waals surface area contributed by atoms with Gasteiger partial charge in [0, 0.05) is 0 Å². The second-order valence-electron chi connectivity index (χ2n) is 6.15. The van der Waals surface area contributed by atoms with Crippen LogP contribution < -0.4 is 10.1 Å². The minimum absolute atomic E-state index is 0.134. The number of carbonyl (C=O) groups excluding carboxylic acids is 1. The molecule has 1 rings (SSSR count). The maximum Gasteiger partial charge on any atom is 0.223 e. The van der Waals surface area contributed by atoms with Crippen molar-refractivity contribution in [3.05, 3.63) is 29.8 Å². The molecule has 0 aliphatic heterocycles. The number of ether oxygens (including phenoxy) is 1. The third kappa shape index (κ3) is 4.85. The van der Waals surface area contributed by atoms with E-state index in [9.17, 15) is 9.90 Å². The Balaban J connectivity index is 2.41. The standard InChI is InChI=1S/C16H25NO3/c1-12-7-6-8-13(11-12)20-10-9-14(18)17-15(2,3)16(4,5)19/h6-8,11,19H,9-10H2,1-5H3,(H,17,18). The first kappa shape index (κ1) is 16.5. The summed E-state index contributed by atoms with van der Waals surface area (Å²) in [6.07, 6.45) is 0.257. The van der Waals surface area contributed by atoms with Gasteiger partial charge in [0.1, 0.15) is 5.75 Å². The zero-order chi connectivity index (χ0) is 15.4. The van der Waals surface area contributed by atoms with Crippen LogP contribution in [0.3, 0.4) is 0 Å². The van der Waals surface area contributed by atoms with Crippen molar-refractivity contribution in [2.75, 3.05) is 6.61 Å². The summed E-state index contributed by atoms with van der Waals surface area (Å²) in [5, 5.41) is 12.8. The van der Waals surface area contributed by atoms with E-state index in [2.05, 4.69) is 5.32 Å². The predicted octanol–water partition coefficient (Wildman–Crippen LogP) is 2.43. The van der Waals surface area contributed by atoms with Crippen LogP contribution in [0.4, 0.5) is 0 Å². The molecule has 0 heterocycles.